The number of benzene rings is 2. The van der Waals surface area contributed by atoms with E-state index in [1.165, 1.54) is 18.4 Å². The summed E-state index contributed by atoms with van der Waals surface area (Å²) in [5.74, 6) is 0.429. The quantitative estimate of drug-likeness (QED) is 0.737. The Labute approximate surface area is 179 Å². The maximum Gasteiger partial charge on any atom is 0.319 e. The van der Waals surface area contributed by atoms with E-state index < -0.39 is 10.0 Å². The van der Waals surface area contributed by atoms with Gasteiger partial charge in [-0.2, -0.15) is 0 Å². The van der Waals surface area contributed by atoms with Crippen LogP contribution >= 0.6 is 0 Å². The van der Waals surface area contributed by atoms with E-state index >= 15 is 0 Å². The zero-order chi connectivity index (χ0) is 21.7. The van der Waals surface area contributed by atoms with E-state index in [-0.39, 0.29) is 6.03 Å². The first-order chi connectivity index (χ1) is 14.3. The van der Waals surface area contributed by atoms with Crippen molar-refractivity contribution in [3.8, 4) is 0 Å². The number of nitrogens with one attached hydrogen (secondary N) is 2. The Morgan fingerprint density at radius 3 is 2.37 bits per heavy atom. The highest BCUT2D eigenvalue weighted by atomic mass is 32.2. The van der Waals surface area contributed by atoms with E-state index in [2.05, 4.69) is 15.5 Å². The Kier molecular flexibility index (Phi) is 6.99. The third kappa shape index (κ3) is 5.52. The number of carbonyl (C=O) groups is 1. The molecule has 3 rings (SSSR count). The fourth-order valence-corrected chi connectivity index (χ4v) is 4.47. The molecule has 30 heavy (non-hydrogen) atoms. The van der Waals surface area contributed by atoms with Crippen LogP contribution in [-0.4, -0.2) is 52.5 Å². The predicted octanol–water partition coefficient (Wildman–Crippen LogP) is 3.28. The lowest BCUT2D eigenvalue weighted by atomic mass is 9.96. The van der Waals surface area contributed by atoms with E-state index in [1.54, 1.807) is 12.1 Å². The van der Waals surface area contributed by atoms with Crippen LogP contribution in [0.5, 0.6) is 0 Å². The van der Waals surface area contributed by atoms with Gasteiger partial charge < -0.3 is 15.5 Å². The van der Waals surface area contributed by atoms with Crippen LogP contribution < -0.4 is 15.5 Å². The molecule has 2 aromatic rings. The van der Waals surface area contributed by atoms with Gasteiger partial charge in [0.15, 0.2) is 0 Å². The van der Waals surface area contributed by atoms with Crippen LogP contribution in [0.3, 0.4) is 0 Å². The Morgan fingerprint density at radius 1 is 1.10 bits per heavy atom. The second kappa shape index (κ2) is 9.49. The van der Waals surface area contributed by atoms with Gasteiger partial charge in [-0.15, -0.1) is 0 Å². The molecular weight excluding hydrogens is 400 g/mol. The van der Waals surface area contributed by atoms with E-state index in [0.717, 1.165) is 42.9 Å². The molecule has 0 bridgehead atoms. The van der Waals surface area contributed by atoms with Crippen molar-refractivity contribution in [1.29, 1.82) is 0 Å². The van der Waals surface area contributed by atoms with Crippen molar-refractivity contribution in [3.63, 3.8) is 0 Å². The molecule has 1 aliphatic rings. The maximum absolute atomic E-state index is 12.2. The summed E-state index contributed by atoms with van der Waals surface area (Å²) in [5.41, 5.74) is 2.92. The van der Waals surface area contributed by atoms with Crippen LogP contribution in [0, 0.1) is 12.8 Å². The predicted molar refractivity (Wildman–Crippen MR) is 120 cm³/mol. The van der Waals surface area contributed by atoms with Gasteiger partial charge in [-0.1, -0.05) is 12.1 Å². The summed E-state index contributed by atoms with van der Waals surface area (Å²) in [7, 11) is -0.343. The Morgan fingerprint density at radius 2 is 1.77 bits per heavy atom. The minimum Gasteiger partial charge on any atom is -0.372 e. The van der Waals surface area contributed by atoms with Crippen molar-refractivity contribution >= 4 is 27.4 Å². The zero-order valence-electron chi connectivity index (χ0n) is 17.8. The fraction of sp³-hybridized carbons (Fsp3) is 0.409. The molecule has 2 aromatic carbocycles. The van der Waals surface area contributed by atoms with E-state index in [0.29, 0.717) is 17.4 Å². The highest BCUT2D eigenvalue weighted by Gasteiger charge is 2.21. The molecule has 0 unspecified atom stereocenters. The topological polar surface area (TPSA) is 81.8 Å². The largest absolute Gasteiger partial charge is 0.372 e. The Balaban J connectivity index is 1.46. The molecular formula is C22H30N4O3S. The average Bonchev–Trinajstić information content (AvgIpc) is 2.72. The molecule has 0 atom stereocenters. The van der Waals surface area contributed by atoms with Crippen molar-refractivity contribution in [2.45, 2.75) is 24.7 Å². The maximum atomic E-state index is 12.2. The minimum absolute atomic E-state index is 0.180. The van der Waals surface area contributed by atoms with Gasteiger partial charge in [-0.25, -0.2) is 17.5 Å². The number of urea groups is 1. The van der Waals surface area contributed by atoms with Gasteiger partial charge in [0.25, 0.3) is 0 Å². The molecule has 0 aliphatic carbocycles. The lowest BCUT2D eigenvalue weighted by Gasteiger charge is -2.33. The minimum atomic E-state index is -3.41. The summed E-state index contributed by atoms with van der Waals surface area (Å²) in [6.07, 6.45) is 1.95. The molecule has 1 saturated heterocycles. The van der Waals surface area contributed by atoms with Crippen molar-refractivity contribution in [2.75, 3.05) is 43.9 Å². The molecule has 2 N–H and O–H groups in total. The van der Waals surface area contributed by atoms with Gasteiger partial charge in [0.05, 0.1) is 4.90 Å². The lowest BCUT2D eigenvalue weighted by molar-refractivity contribution is 0.248. The van der Waals surface area contributed by atoms with Gasteiger partial charge in [0.2, 0.25) is 10.0 Å². The van der Waals surface area contributed by atoms with Crippen molar-refractivity contribution < 1.29 is 13.2 Å². The first kappa shape index (κ1) is 22.1. The number of hydrogen-bond donors (Lipinski definition) is 2. The monoisotopic (exact) mass is 430 g/mol. The summed E-state index contributed by atoms with van der Waals surface area (Å²) in [6, 6.07) is 14.6. The highest BCUT2D eigenvalue weighted by Crippen LogP contribution is 2.25. The number of carbonyl (C=O) groups excluding carboxylic acids is 1. The van der Waals surface area contributed by atoms with Crippen LogP contribution in [-0.2, 0) is 10.0 Å². The summed E-state index contributed by atoms with van der Waals surface area (Å²) in [4.78, 5) is 14.7. The normalized spacial score (nSPS) is 15.3. The highest BCUT2D eigenvalue weighted by molar-refractivity contribution is 7.89. The molecule has 0 radical (unpaired) electrons. The molecule has 0 aromatic heterocycles. The van der Waals surface area contributed by atoms with Crippen LogP contribution in [0.1, 0.15) is 18.4 Å². The summed E-state index contributed by atoms with van der Waals surface area (Å²) in [6.45, 7) is 4.40. The van der Waals surface area contributed by atoms with Crippen molar-refractivity contribution in [1.82, 2.24) is 9.62 Å². The molecule has 0 spiro atoms. The molecule has 162 valence electrons. The molecule has 1 heterocycles. The number of sulfonamides is 1. The Hall–Kier alpha value is -2.58. The number of piperidine rings is 1. The fourth-order valence-electron chi connectivity index (χ4n) is 3.57. The third-order valence-electron chi connectivity index (χ3n) is 5.42. The number of aryl methyl sites for hydroxylation is 1. The van der Waals surface area contributed by atoms with E-state index in [1.807, 2.05) is 43.3 Å². The number of amides is 2. The van der Waals surface area contributed by atoms with Crippen molar-refractivity contribution in [3.05, 3.63) is 54.1 Å². The second-order valence-electron chi connectivity index (χ2n) is 7.92. The standard InChI is InChI=1S/C22H30N4O3S/c1-17-5-4-6-19(15-17)24-22(27)23-16-18-11-13-26(14-12-18)20-7-9-21(10-8-20)30(28,29)25(2)3/h4-10,15,18H,11-14,16H2,1-3H3,(H2,23,24,27). The SMILES string of the molecule is Cc1cccc(NC(=O)NCC2CCN(c3ccc(S(=O)(=O)N(C)C)cc3)CC2)c1. The van der Waals surface area contributed by atoms with E-state index in [4.69, 9.17) is 0 Å². The molecule has 1 aliphatic heterocycles. The lowest BCUT2D eigenvalue weighted by Crippen LogP contribution is -2.39. The molecule has 7 nitrogen and oxygen atoms in total. The molecule has 1 fully saturated rings. The smallest absolute Gasteiger partial charge is 0.319 e. The zero-order valence-corrected chi connectivity index (χ0v) is 18.6. The average molecular weight is 431 g/mol. The van der Waals surface area contributed by atoms with Gasteiger partial charge >= 0.3 is 6.03 Å². The van der Waals surface area contributed by atoms with Crippen LogP contribution in [0.25, 0.3) is 0 Å². The van der Waals surface area contributed by atoms with Crippen molar-refractivity contribution in [2.24, 2.45) is 5.92 Å². The van der Waals surface area contributed by atoms with Gasteiger partial charge in [0, 0.05) is 45.1 Å². The number of nitrogens with zero attached hydrogens (tertiary/aromatic N) is 2. The second-order valence-corrected chi connectivity index (χ2v) is 10.1. The van der Waals surface area contributed by atoms with Crippen LogP contribution in [0.15, 0.2) is 53.4 Å². The summed E-state index contributed by atoms with van der Waals surface area (Å²) >= 11 is 0. The van der Waals surface area contributed by atoms with Gasteiger partial charge in [-0.05, 0) is 67.6 Å². The number of anilines is 2. The third-order valence-corrected chi connectivity index (χ3v) is 7.25. The molecule has 2 amide bonds. The van der Waals surface area contributed by atoms with Gasteiger partial charge in [0.1, 0.15) is 0 Å². The number of rotatable bonds is 6. The first-order valence-electron chi connectivity index (χ1n) is 10.1. The van der Waals surface area contributed by atoms with Crippen LogP contribution in [0.2, 0.25) is 0 Å². The number of hydrogen-bond acceptors (Lipinski definition) is 4. The van der Waals surface area contributed by atoms with E-state index in [9.17, 15) is 13.2 Å². The van der Waals surface area contributed by atoms with Crippen LogP contribution in [0.4, 0.5) is 16.2 Å². The Bertz CT molecular complexity index is 966. The first-order valence-corrected chi connectivity index (χ1v) is 11.6. The van der Waals surface area contributed by atoms with Gasteiger partial charge in [-0.3, -0.25) is 0 Å². The molecule has 0 saturated carbocycles. The molecule has 8 heteroatoms. The summed E-state index contributed by atoms with van der Waals surface area (Å²) < 4.78 is 25.6. The summed E-state index contributed by atoms with van der Waals surface area (Å²) in [5, 5.41) is 5.84.